The van der Waals surface area contributed by atoms with Crippen molar-refractivity contribution in [2.75, 3.05) is 5.73 Å². The monoisotopic (exact) mass is 206 g/mol. The van der Waals surface area contributed by atoms with Gasteiger partial charge in [-0.05, 0) is 30.2 Å². The van der Waals surface area contributed by atoms with Crippen molar-refractivity contribution in [2.24, 2.45) is 0 Å². The van der Waals surface area contributed by atoms with E-state index in [2.05, 4.69) is 0 Å². The first-order valence-electron chi connectivity index (χ1n) is 4.24. The van der Waals surface area contributed by atoms with Gasteiger partial charge in [-0.2, -0.15) is 5.26 Å². The van der Waals surface area contributed by atoms with Crippen LogP contribution in [0.2, 0.25) is 5.02 Å². The standard InChI is InChI=1S/C11H11ClN2/c1-8-6-9(4-2-3-5-13)10(12)7-11(8)14/h2,4,6-7H,3,14H2,1H3. The number of nitrogens with zero attached hydrogens (tertiary/aromatic N) is 1. The molecule has 0 atom stereocenters. The normalized spacial score (nSPS) is 10.4. The fraction of sp³-hybridized carbons (Fsp3) is 0.182. The Morgan fingerprint density at radius 3 is 2.93 bits per heavy atom. The van der Waals surface area contributed by atoms with Gasteiger partial charge in [0, 0.05) is 10.7 Å². The number of halogens is 1. The van der Waals surface area contributed by atoms with Crippen LogP contribution in [0.5, 0.6) is 0 Å². The van der Waals surface area contributed by atoms with Gasteiger partial charge in [0.15, 0.2) is 0 Å². The largest absolute Gasteiger partial charge is 0.398 e. The van der Waals surface area contributed by atoms with Crippen LogP contribution < -0.4 is 5.73 Å². The minimum absolute atomic E-state index is 0.389. The van der Waals surface area contributed by atoms with E-state index < -0.39 is 0 Å². The van der Waals surface area contributed by atoms with Gasteiger partial charge < -0.3 is 5.73 Å². The number of nitrogens with two attached hydrogens (primary N) is 1. The van der Waals surface area contributed by atoms with Crippen LogP contribution in [0, 0.1) is 18.3 Å². The zero-order valence-electron chi connectivity index (χ0n) is 7.92. The van der Waals surface area contributed by atoms with Crippen LogP contribution in [0.4, 0.5) is 5.69 Å². The SMILES string of the molecule is Cc1cc(C=CCC#N)c(Cl)cc1N. The number of allylic oxidation sites excluding steroid dienone is 1. The van der Waals surface area contributed by atoms with Crippen LogP contribution in [0.1, 0.15) is 17.5 Å². The third-order valence-electron chi connectivity index (χ3n) is 1.89. The van der Waals surface area contributed by atoms with Crippen molar-refractivity contribution in [1.82, 2.24) is 0 Å². The first kappa shape index (κ1) is 10.6. The van der Waals surface area contributed by atoms with Crippen LogP contribution in [0.25, 0.3) is 6.08 Å². The fourth-order valence-electron chi connectivity index (χ4n) is 1.09. The Balaban J connectivity index is 2.99. The molecule has 0 spiro atoms. The van der Waals surface area contributed by atoms with Crippen LogP contribution in [-0.2, 0) is 0 Å². The molecule has 0 aliphatic rings. The molecule has 0 heterocycles. The predicted octanol–water partition coefficient (Wildman–Crippen LogP) is 3.16. The molecule has 0 amide bonds. The third kappa shape index (κ3) is 2.51. The van der Waals surface area contributed by atoms with Gasteiger partial charge in [-0.1, -0.05) is 23.8 Å². The Bertz CT molecular complexity index is 402. The lowest BCUT2D eigenvalue weighted by atomic mass is 10.1. The zero-order chi connectivity index (χ0) is 10.6. The predicted molar refractivity (Wildman–Crippen MR) is 59.9 cm³/mol. The van der Waals surface area contributed by atoms with Gasteiger partial charge in [0.05, 0.1) is 12.5 Å². The molecule has 2 nitrogen and oxygen atoms in total. The maximum Gasteiger partial charge on any atom is 0.0663 e. The molecule has 0 radical (unpaired) electrons. The van der Waals surface area contributed by atoms with Crippen LogP contribution >= 0.6 is 11.6 Å². The van der Waals surface area contributed by atoms with E-state index in [4.69, 9.17) is 22.6 Å². The van der Waals surface area contributed by atoms with Gasteiger partial charge in [0.25, 0.3) is 0 Å². The Morgan fingerprint density at radius 1 is 1.57 bits per heavy atom. The Kier molecular flexibility index (Phi) is 3.55. The second-order valence-electron chi connectivity index (χ2n) is 2.99. The maximum absolute atomic E-state index is 8.36. The fourth-order valence-corrected chi connectivity index (χ4v) is 1.32. The van der Waals surface area contributed by atoms with Crippen LogP contribution in [-0.4, -0.2) is 0 Å². The Hall–Kier alpha value is -1.46. The molecule has 0 saturated carbocycles. The van der Waals surface area contributed by atoms with E-state index in [1.165, 1.54) is 0 Å². The molecule has 0 saturated heterocycles. The summed E-state index contributed by atoms with van der Waals surface area (Å²) < 4.78 is 0. The lowest BCUT2D eigenvalue weighted by Crippen LogP contribution is -1.90. The van der Waals surface area contributed by atoms with Gasteiger partial charge in [-0.25, -0.2) is 0 Å². The third-order valence-corrected chi connectivity index (χ3v) is 2.22. The van der Waals surface area contributed by atoms with Crippen molar-refractivity contribution in [3.8, 4) is 6.07 Å². The molecule has 0 unspecified atom stereocenters. The maximum atomic E-state index is 8.36. The average Bonchev–Trinajstić information content (AvgIpc) is 2.14. The van der Waals surface area contributed by atoms with Gasteiger partial charge in [-0.3, -0.25) is 0 Å². The number of hydrogen-bond acceptors (Lipinski definition) is 2. The molecular formula is C11H11ClN2. The van der Waals surface area contributed by atoms with Crippen LogP contribution in [0.15, 0.2) is 18.2 Å². The average molecular weight is 207 g/mol. The molecule has 0 aliphatic carbocycles. The topological polar surface area (TPSA) is 49.8 Å². The van der Waals surface area contributed by atoms with Gasteiger partial charge in [0.1, 0.15) is 0 Å². The van der Waals surface area contributed by atoms with E-state index in [1.54, 1.807) is 12.1 Å². The molecule has 14 heavy (non-hydrogen) atoms. The lowest BCUT2D eigenvalue weighted by Gasteiger charge is -2.03. The number of nitrogen functional groups attached to an aromatic ring is 1. The summed E-state index contributed by atoms with van der Waals surface area (Å²) in [4.78, 5) is 0. The summed E-state index contributed by atoms with van der Waals surface area (Å²) in [6.07, 6.45) is 3.99. The molecule has 0 aliphatic heterocycles. The van der Waals surface area contributed by atoms with E-state index >= 15 is 0 Å². The van der Waals surface area contributed by atoms with Crippen molar-refractivity contribution in [1.29, 1.82) is 5.26 Å². The van der Waals surface area contributed by atoms with Crippen molar-refractivity contribution in [3.05, 3.63) is 34.4 Å². The summed E-state index contributed by atoms with van der Waals surface area (Å²) in [5.74, 6) is 0. The highest BCUT2D eigenvalue weighted by atomic mass is 35.5. The Morgan fingerprint density at radius 2 is 2.29 bits per heavy atom. The van der Waals surface area contributed by atoms with Gasteiger partial charge >= 0.3 is 0 Å². The van der Waals surface area contributed by atoms with Crippen molar-refractivity contribution in [3.63, 3.8) is 0 Å². The number of anilines is 1. The minimum Gasteiger partial charge on any atom is -0.398 e. The number of aryl methyl sites for hydroxylation is 1. The number of hydrogen-bond donors (Lipinski definition) is 1. The minimum atomic E-state index is 0.389. The zero-order valence-corrected chi connectivity index (χ0v) is 8.67. The molecule has 0 aromatic heterocycles. The summed E-state index contributed by atoms with van der Waals surface area (Å²) >= 11 is 5.97. The molecule has 1 aromatic rings. The van der Waals surface area contributed by atoms with Crippen molar-refractivity contribution < 1.29 is 0 Å². The highest BCUT2D eigenvalue weighted by Gasteiger charge is 2.00. The summed E-state index contributed by atoms with van der Waals surface area (Å²) in [6, 6.07) is 5.66. The highest BCUT2D eigenvalue weighted by Crippen LogP contribution is 2.23. The molecule has 1 rings (SSSR count). The first-order valence-corrected chi connectivity index (χ1v) is 4.62. The highest BCUT2D eigenvalue weighted by molar-refractivity contribution is 6.32. The van der Waals surface area contributed by atoms with E-state index in [0.717, 1.165) is 11.1 Å². The summed E-state index contributed by atoms with van der Waals surface area (Å²) in [5, 5.41) is 8.97. The summed E-state index contributed by atoms with van der Waals surface area (Å²) in [5.41, 5.74) is 8.26. The molecule has 3 heteroatoms. The van der Waals surface area contributed by atoms with Gasteiger partial charge in [0.2, 0.25) is 0 Å². The van der Waals surface area contributed by atoms with Crippen molar-refractivity contribution in [2.45, 2.75) is 13.3 Å². The smallest absolute Gasteiger partial charge is 0.0663 e. The molecule has 72 valence electrons. The van der Waals surface area contributed by atoms with E-state index in [1.807, 2.05) is 25.1 Å². The second-order valence-corrected chi connectivity index (χ2v) is 3.40. The first-order chi connectivity index (χ1) is 6.65. The number of nitriles is 1. The summed E-state index contributed by atoms with van der Waals surface area (Å²) in [7, 11) is 0. The summed E-state index contributed by atoms with van der Waals surface area (Å²) in [6.45, 7) is 1.92. The van der Waals surface area contributed by atoms with E-state index in [0.29, 0.717) is 17.1 Å². The Labute approximate surface area is 88.6 Å². The van der Waals surface area contributed by atoms with Crippen LogP contribution in [0.3, 0.4) is 0 Å². The second kappa shape index (κ2) is 4.69. The number of rotatable bonds is 2. The molecule has 2 N–H and O–H groups in total. The van der Waals surface area contributed by atoms with E-state index in [-0.39, 0.29) is 0 Å². The quantitative estimate of drug-likeness (QED) is 0.756. The lowest BCUT2D eigenvalue weighted by molar-refractivity contribution is 1.36. The molecule has 1 aromatic carbocycles. The molecular weight excluding hydrogens is 196 g/mol. The molecule has 0 bridgehead atoms. The number of benzene rings is 1. The van der Waals surface area contributed by atoms with Gasteiger partial charge in [-0.15, -0.1) is 0 Å². The van der Waals surface area contributed by atoms with Crippen molar-refractivity contribution >= 4 is 23.4 Å². The van der Waals surface area contributed by atoms with E-state index in [9.17, 15) is 0 Å². The molecule has 0 fully saturated rings.